The molecule has 19 heavy (non-hydrogen) atoms. The van der Waals surface area contributed by atoms with E-state index in [4.69, 9.17) is 0 Å². The van der Waals surface area contributed by atoms with Gasteiger partial charge in [0, 0.05) is 19.2 Å². The first-order valence-corrected chi connectivity index (χ1v) is 5.92. The topological polar surface area (TPSA) is 49.8 Å². The summed E-state index contributed by atoms with van der Waals surface area (Å²) in [6.07, 6.45) is 1.25. The first kappa shape index (κ1) is 13.6. The molecule has 1 aromatic heterocycles. The molecule has 0 radical (unpaired) electrons. The Balaban J connectivity index is 2.39. The third kappa shape index (κ3) is 2.78. The van der Waals surface area contributed by atoms with Gasteiger partial charge < -0.3 is 10.6 Å². The van der Waals surface area contributed by atoms with Crippen LogP contribution in [-0.4, -0.2) is 17.0 Å². The highest BCUT2D eigenvalue weighted by Crippen LogP contribution is 2.30. The lowest BCUT2D eigenvalue weighted by Crippen LogP contribution is -2.02. The molecule has 0 bridgehead atoms. The standard InChI is InChI=1S/C11H8BrF3N4/c1-16-10-9(12)11(18-4-17-10)19-8-3-6(14)5(13)2-7(8)15/h2-4H,1H3,(H2,16,17,18,19). The Morgan fingerprint density at radius 3 is 2.32 bits per heavy atom. The number of nitrogens with zero attached hydrogens (tertiary/aromatic N) is 2. The minimum absolute atomic E-state index is 0.222. The van der Waals surface area contributed by atoms with Gasteiger partial charge in [0.05, 0.1) is 5.69 Å². The number of rotatable bonds is 3. The maximum atomic E-state index is 13.5. The molecule has 2 N–H and O–H groups in total. The quantitative estimate of drug-likeness (QED) is 0.845. The van der Waals surface area contributed by atoms with Crippen molar-refractivity contribution in [3.8, 4) is 0 Å². The lowest BCUT2D eigenvalue weighted by molar-refractivity contribution is 0.496. The van der Waals surface area contributed by atoms with E-state index in [0.717, 1.165) is 6.07 Å². The molecule has 1 aromatic carbocycles. The maximum absolute atomic E-state index is 13.5. The lowest BCUT2D eigenvalue weighted by Gasteiger charge is -2.10. The van der Waals surface area contributed by atoms with E-state index in [2.05, 4.69) is 36.5 Å². The first-order chi connectivity index (χ1) is 9.02. The van der Waals surface area contributed by atoms with Gasteiger partial charge in [0.1, 0.15) is 28.3 Å². The molecule has 0 aliphatic rings. The van der Waals surface area contributed by atoms with Crippen LogP contribution in [0.5, 0.6) is 0 Å². The van der Waals surface area contributed by atoms with Crippen molar-refractivity contribution in [2.45, 2.75) is 0 Å². The molecule has 0 saturated carbocycles. The van der Waals surface area contributed by atoms with Crippen molar-refractivity contribution in [3.63, 3.8) is 0 Å². The minimum atomic E-state index is -1.25. The van der Waals surface area contributed by atoms with Crippen molar-refractivity contribution >= 4 is 33.3 Å². The van der Waals surface area contributed by atoms with Gasteiger partial charge in [0.25, 0.3) is 0 Å². The fourth-order valence-electron chi connectivity index (χ4n) is 1.38. The summed E-state index contributed by atoms with van der Waals surface area (Å²) < 4.78 is 39.8. The number of anilines is 3. The van der Waals surface area contributed by atoms with Gasteiger partial charge in [-0.1, -0.05) is 0 Å². The molecule has 2 aromatic rings. The van der Waals surface area contributed by atoms with E-state index in [-0.39, 0.29) is 11.5 Å². The van der Waals surface area contributed by atoms with Crippen LogP contribution in [-0.2, 0) is 0 Å². The van der Waals surface area contributed by atoms with E-state index in [1.807, 2.05) is 0 Å². The average Bonchev–Trinajstić information content (AvgIpc) is 2.38. The molecule has 0 amide bonds. The molecule has 2 rings (SSSR count). The molecule has 4 nitrogen and oxygen atoms in total. The number of nitrogens with one attached hydrogen (secondary N) is 2. The Labute approximate surface area is 115 Å². The van der Waals surface area contributed by atoms with E-state index < -0.39 is 17.5 Å². The van der Waals surface area contributed by atoms with Crippen LogP contribution in [0.15, 0.2) is 22.9 Å². The predicted octanol–water partition coefficient (Wildman–Crippen LogP) is 3.44. The van der Waals surface area contributed by atoms with Gasteiger partial charge in [-0.25, -0.2) is 23.1 Å². The molecule has 0 fully saturated rings. The molecule has 100 valence electrons. The van der Waals surface area contributed by atoms with Crippen LogP contribution in [0.2, 0.25) is 0 Å². The molecule has 1 heterocycles. The molecule has 0 atom stereocenters. The number of aromatic nitrogens is 2. The fraction of sp³-hybridized carbons (Fsp3) is 0.0909. The smallest absolute Gasteiger partial charge is 0.161 e. The van der Waals surface area contributed by atoms with Crippen LogP contribution < -0.4 is 10.6 Å². The zero-order valence-corrected chi connectivity index (χ0v) is 11.2. The van der Waals surface area contributed by atoms with Crippen molar-refractivity contribution in [1.29, 1.82) is 0 Å². The Morgan fingerprint density at radius 1 is 1.00 bits per heavy atom. The normalized spacial score (nSPS) is 10.4. The monoisotopic (exact) mass is 332 g/mol. The largest absolute Gasteiger partial charge is 0.372 e. The number of benzene rings is 1. The highest BCUT2D eigenvalue weighted by molar-refractivity contribution is 9.10. The summed E-state index contributed by atoms with van der Waals surface area (Å²) >= 11 is 3.22. The second-order valence-corrected chi connectivity index (χ2v) is 4.30. The second-order valence-electron chi connectivity index (χ2n) is 3.51. The maximum Gasteiger partial charge on any atom is 0.161 e. The van der Waals surface area contributed by atoms with Gasteiger partial charge in [-0.15, -0.1) is 0 Å². The number of hydrogen-bond donors (Lipinski definition) is 2. The Kier molecular flexibility index (Phi) is 3.89. The highest BCUT2D eigenvalue weighted by atomic mass is 79.9. The third-order valence-corrected chi connectivity index (χ3v) is 3.04. The Hall–Kier alpha value is -1.83. The lowest BCUT2D eigenvalue weighted by atomic mass is 10.3. The van der Waals surface area contributed by atoms with E-state index in [9.17, 15) is 13.2 Å². The Morgan fingerprint density at radius 2 is 1.63 bits per heavy atom. The van der Waals surface area contributed by atoms with E-state index in [1.165, 1.54) is 6.33 Å². The first-order valence-electron chi connectivity index (χ1n) is 5.12. The molecule has 0 unspecified atom stereocenters. The molecule has 8 heteroatoms. The van der Waals surface area contributed by atoms with E-state index in [0.29, 0.717) is 16.4 Å². The van der Waals surface area contributed by atoms with Crippen LogP contribution in [0.3, 0.4) is 0 Å². The SMILES string of the molecule is CNc1ncnc(Nc2cc(F)c(F)cc2F)c1Br. The zero-order valence-electron chi connectivity index (χ0n) is 9.64. The van der Waals surface area contributed by atoms with Crippen LogP contribution in [0.1, 0.15) is 0 Å². The second kappa shape index (κ2) is 5.43. The summed E-state index contributed by atoms with van der Waals surface area (Å²) in [5.41, 5.74) is -0.222. The van der Waals surface area contributed by atoms with Gasteiger partial charge in [0.15, 0.2) is 11.6 Å². The van der Waals surface area contributed by atoms with E-state index >= 15 is 0 Å². The van der Waals surface area contributed by atoms with Crippen LogP contribution in [0.4, 0.5) is 30.5 Å². The van der Waals surface area contributed by atoms with Crippen LogP contribution in [0, 0.1) is 17.5 Å². The molecular weight excluding hydrogens is 325 g/mol. The van der Waals surface area contributed by atoms with Gasteiger partial charge in [-0.2, -0.15) is 0 Å². The molecular formula is C11H8BrF3N4. The molecule has 0 saturated heterocycles. The third-order valence-electron chi connectivity index (χ3n) is 2.29. The fourth-order valence-corrected chi connectivity index (χ4v) is 1.88. The van der Waals surface area contributed by atoms with Crippen molar-refractivity contribution in [2.24, 2.45) is 0 Å². The highest BCUT2D eigenvalue weighted by Gasteiger charge is 2.13. The summed E-state index contributed by atoms with van der Waals surface area (Å²) in [5.74, 6) is -2.62. The average molecular weight is 333 g/mol. The summed E-state index contributed by atoms with van der Waals surface area (Å²) in [6, 6.07) is 1.18. The van der Waals surface area contributed by atoms with Gasteiger partial charge >= 0.3 is 0 Å². The predicted molar refractivity (Wildman–Crippen MR) is 68.9 cm³/mol. The van der Waals surface area contributed by atoms with Crippen LogP contribution in [0.25, 0.3) is 0 Å². The van der Waals surface area contributed by atoms with E-state index in [1.54, 1.807) is 7.05 Å². The summed E-state index contributed by atoms with van der Waals surface area (Å²) in [7, 11) is 1.65. The van der Waals surface area contributed by atoms with Gasteiger partial charge in [0.2, 0.25) is 0 Å². The summed E-state index contributed by atoms with van der Waals surface area (Å²) in [6.45, 7) is 0. The summed E-state index contributed by atoms with van der Waals surface area (Å²) in [5, 5.41) is 5.35. The molecule has 0 spiro atoms. The van der Waals surface area contributed by atoms with Gasteiger partial charge in [-0.3, -0.25) is 0 Å². The zero-order chi connectivity index (χ0) is 14.0. The minimum Gasteiger partial charge on any atom is -0.372 e. The van der Waals surface area contributed by atoms with Crippen molar-refractivity contribution < 1.29 is 13.2 Å². The summed E-state index contributed by atoms with van der Waals surface area (Å²) in [4.78, 5) is 7.80. The van der Waals surface area contributed by atoms with Gasteiger partial charge in [-0.05, 0) is 15.9 Å². The van der Waals surface area contributed by atoms with Crippen molar-refractivity contribution in [1.82, 2.24) is 9.97 Å². The van der Waals surface area contributed by atoms with Crippen LogP contribution >= 0.6 is 15.9 Å². The number of hydrogen-bond acceptors (Lipinski definition) is 4. The Bertz CT molecular complexity index is 621. The van der Waals surface area contributed by atoms with Crippen molar-refractivity contribution in [2.75, 3.05) is 17.7 Å². The van der Waals surface area contributed by atoms with Crippen molar-refractivity contribution in [3.05, 3.63) is 40.4 Å². The molecule has 0 aliphatic heterocycles. The number of halogens is 4. The molecule has 0 aliphatic carbocycles.